The van der Waals surface area contributed by atoms with Gasteiger partial charge in [-0.25, -0.2) is 9.18 Å². The van der Waals surface area contributed by atoms with Gasteiger partial charge in [-0.05, 0) is 74.2 Å². The number of likely N-dealkylation sites (tertiary alicyclic amines) is 1. The van der Waals surface area contributed by atoms with Crippen LogP contribution in [0.5, 0.6) is 5.75 Å². The van der Waals surface area contributed by atoms with Crippen LogP contribution in [0.4, 0.5) is 9.18 Å². The lowest BCUT2D eigenvalue weighted by molar-refractivity contribution is 0.127. The summed E-state index contributed by atoms with van der Waals surface area (Å²) in [7, 11) is 1.80. The van der Waals surface area contributed by atoms with E-state index >= 15 is 0 Å². The molecule has 2 aromatic carbocycles. The van der Waals surface area contributed by atoms with Gasteiger partial charge in [-0.3, -0.25) is 0 Å². The summed E-state index contributed by atoms with van der Waals surface area (Å²) in [5, 5.41) is 1.96. The summed E-state index contributed by atoms with van der Waals surface area (Å²) >= 11 is 0. The van der Waals surface area contributed by atoms with Gasteiger partial charge in [0.2, 0.25) is 0 Å². The molecule has 0 saturated carbocycles. The van der Waals surface area contributed by atoms with Crippen LogP contribution in [0.1, 0.15) is 63.7 Å². The van der Waals surface area contributed by atoms with E-state index in [2.05, 4.69) is 0 Å². The molecule has 1 fully saturated rings. The van der Waals surface area contributed by atoms with Crippen molar-refractivity contribution >= 4 is 6.03 Å². The molecule has 6 heteroatoms. The molecule has 2 amide bonds. The second-order valence-electron chi connectivity index (χ2n) is 6.79. The van der Waals surface area contributed by atoms with E-state index in [1.165, 1.54) is 0 Å². The largest absolute Gasteiger partial charge is 0.493 e. The molecule has 1 saturated heterocycles. The zero-order valence-electron chi connectivity index (χ0n) is 35.7. The summed E-state index contributed by atoms with van der Waals surface area (Å²) in [6.45, 7) is -14.7. The van der Waals surface area contributed by atoms with Gasteiger partial charge in [0.05, 0.1) is 23.0 Å². The number of carbonyl (C=O) groups excluding carboxylic acids is 1. The summed E-state index contributed by atoms with van der Waals surface area (Å²) in [6, 6.07) is -10.6. The molecule has 0 spiro atoms. The van der Waals surface area contributed by atoms with E-state index in [1.807, 2.05) is 10.2 Å². The number of hydrogen-bond donors (Lipinski definition) is 1. The summed E-state index contributed by atoms with van der Waals surface area (Å²) in [5.41, 5.74) is -1.48. The number of carbonyl (C=O) groups is 1. The maximum Gasteiger partial charge on any atom is 0.318 e. The molecule has 3 rings (SSSR count). The van der Waals surface area contributed by atoms with Crippen LogP contribution < -0.4 is 10.1 Å². The molecule has 168 valence electrons. The number of nitrogens with zero attached hydrogens (tertiary/aromatic N) is 2. The monoisotopic (exact) mass is 446 g/mol. The lowest BCUT2D eigenvalue weighted by atomic mass is 10.0. The van der Waals surface area contributed by atoms with Crippen molar-refractivity contribution in [1.29, 1.82) is 0 Å². The number of halogens is 1. The quantitative estimate of drug-likeness (QED) is 0.641. The second kappa shape index (κ2) is 11.1. The van der Waals surface area contributed by atoms with Crippen molar-refractivity contribution in [2.45, 2.75) is 45.6 Å². The number of nitrogens with one attached hydrogen (secondary N) is 1. The molecule has 0 atom stereocenters. The van der Waals surface area contributed by atoms with Crippen molar-refractivity contribution in [2.75, 3.05) is 26.7 Å². The van der Waals surface area contributed by atoms with Crippen molar-refractivity contribution < 1.29 is 40.0 Å². The number of urea groups is 1. The van der Waals surface area contributed by atoms with Crippen LogP contribution in [0.3, 0.4) is 0 Å². The first-order chi connectivity index (χ1) is 22.5. The second-order valence-corrected chi connectivity index (χ2v) is 6.79. The standard InChI is InChI=1S/C25H34FN3O2/c1-19(2)18-31-24-10-6-20(7-11-24)16-27-25(30)29(23-12-14-28(3)15-13-23)17-21-4-8-22(26)9-5-21/h4-11,19,23H,12-18H2,1-3H3,(H,27,30)/i1D3,2D3,4D,5D,6D,7D,8D,9D,10D,11D,16D2,18D2,19D. The zero-order valence-corrected chi connectivity index (χ0v) is 16.7. The molecule has 0 bridgehead atoms. The Bertz CT molecular complexity index is 1570. The van der Waals surface area contributed by atoms with Gasteiger partial charge in [0.1, 0.15) is 11.6 Å². The first-order valence-corrected chi connectivity index (χ1v) is 9.35. The highest BCUT2D eigenvalue weighted by Gasteiger charge is 2.27. The fourth-order valence-electron chi connectivity index (χ4n) is 2.95. The fraction of sp³-hybridized carbons (Fsp3) is 0.480. The van der Waals surface area contributed by atoms with Crippen LogP contribution in [-0.2, 0) is 13.0 Å². The van der Waals surface area contributed by atoms with Crippen molar-refractivity contribution in [3.05, 3.63) is 65.3 Å². The predicted molar refractivity (Wildman–Crippen MR) is 121 cm³/mol. The first kappa shape index (κ1) is 8.74. The summed E-state index contributed by atoms with van der Waals surface area (Å²) in [6.07, 6.45) is 0.602. The molecule has 0 radical (unpaired) electrons. The Hall–Kier alpha value is -2.60. The third kappa shape index (κ3) is 7.24. The average molecular weight is 447 g/mol. The molecule has 5 nitrogen and oxygen atoms in total. The normalized spacial score (nSPS) is 26.1. The Balaban J connectivity index is 2.09. The molecule has 0 unspecified atom stereocenters. The molecular weight excluding hydrogens is 393 g/mol. The Morgan fingerprint density at radius 2 is 1.90 bits per heavy atom. The lowest BCUT2D eigenvalue weighted by Gasteiger charge is -2.37. The van der Waals surface area contributed by atoms with Gasteiger partial charge in [-0.15, -0.1) is 0 Å². The van der Waals surface area contributed by atoms with E-state index in [4.69, 9.17) is 30.8 Å². The molecule has 1 N–H and O–H groups in total. The Morgan fingerprint density at radius 1 is 1.26 bits per heavy atom. The Kier molecular flexibility index (Phi) is 3.14. The number of benzene rings is 2. The minimum atomic E-state index is -4.00. The van der Waals surface area contributed by atoms with Gasteiger partial charge in [0.15, 0.2) is 0 Å². The minimum absolute atomic E-state index is 0.301. The van der Waals surface area contributed by atoms with E-state index < -0.39 is 117 Å². The van der Waals surface area contributed by atoms with Gasteiger partial charge in [0, 0.05) is 28.7 Å². The number of rotatable bonds is 8. The average Bonchev–Trinajstić information content (AvgIpc) is 2.99. The maximum absolute atomic E-state index is 14.2. The number of amides is 2. The van der Waals surface area contributed by atoms with Crippen LogP contribution in [0.15, 0.2) is 48.3 Å². The fourth-order valence-corrected chi connectivity index (χ4v) is 2.95. The molecule has 1 aliphatic rings. The van der Waals surface area contributed by atoms with E-state index in [0.717, 1.165) is 4.90 Å². The van der Waals surface area contributed by atoms with E-state index in [0.29, 0.717) is 25.9 Å². The van der Waals surface area contributed by atoms with Crippen LogP contribution in [-0.4, -0.2) is 48.6 Å². The lowest BCUT2D eigenvalue weighted by Crippen LogP contribution is -2.49. The topological polar surface area (TPSA) is 44.8 Å². The third-order valence-electron chi connectivity index (χ3n) is 4.52. The molecular formula is C25H34FN3O2. The van der Waals surface area contributed by atoms with Crippen LogP contribution in [0.25, 0.3) is 0 Å². The SMILES string of the molecule is [2H]c1c([2H])c(CN(C(=O)NC([2H])([2H])c2c([2H])c([2H])c(OC([2H])([2H])C([2H])(C([2H])([2H])[2H])C([2H])([2H])[2H])c([2H])c2[2H])C2CCN(C)CC2)c([2H])c([2H])c1F. The van der Waals surface area contributed by atoms with E-state index in [9.17, 15) is 9.18 Å². The molecule has 1 heterocycles. The van der Waals surface area contributed by atoms with Gasteiger partial charge in [0.25, 0.3) is 0 Å². The first-order valence-electron chi connectivity index (χ1n) is 18.8. The Labute approximate surface area is 211 Å². The maximum atomic E-state index is 14.2. The number of hydrogen-bond acceptors (Lipinski definition) is 3. The van der Waals surface area contributed by atoms with Crippen molar-refractivity contribution in [3.63, 3.8) is 0 Å². The number of piperidine rings is 1. The van der Waals surface area contributed by atoms with Gasteiger partial charge in [-0.1, -0.05) is 37.9 Å². The van der Waals surface area contributed by atoms with E-state index in [-0.39, 0.29) is 5.56 Å². The highest BCUT2D eigenvalue weighted by Crippen LogP contribution is 2.19. The predicted octanol–water partition coefficient (Wildman–Crippen LogP) is 4.67. The number of ether oxygens (including phenoxy) is 1. The van der Waals surface area contributed by atoms with Gasteiger partial charge in [-0.2, -0.15) is 0 Å². The summed E-state index contributed by atoms with van der Waals surface area (Å²) < 4.78 is 171. The van der Waals surface area contributed by atoms with Gasteiger partial charge >= 0.3 is 6.03 Å². The van der Waals surface area contributed by atoms with Crippen LogP contribution in [0.2, 0.25) is 0 Å². The van der Waals surface area contributed by atoms with Crippen molar-refractivity contribution in [2.24, 2.45) is 5.89 Å². The van der Waals surface area contributed by atoms with Crippen LogP contribution >= 0.6 is 0 Å². The summed E-state index contributed by atoms with van der Waals surface area (Å²) in [5.74, 6) is -6.75. The summed E-state index contributed by atoms with van der Waals surface area (Å²) in [4.78, 5) is 16.7. The van der Waals surface area contributed by atoms with Crippen molar-refractivity contribution in [3.8, 4) is 5.75 Å². The molecule has 1 aliphatic heterocycles. The zero-order chi connectivity index (χ0) is 38.7. The van der Waals surface area contributed by atoms with E-state index in [1.54, 1.807) is 7.05 Å². The highest BCUT2D eigenvalue weighted by molar-refractivity contribution is 5.74. The smallest absolute Gasteiger partial charge is 0.318 e. The Morgan fingerprint density at radius 3 is 2.55 bits per heavy atom. The van der Waals surface area contributed by atoms with Crippen molar-refractivity contribution in [1.82, 2.24) is 15.1 Å². The van der Waals surface area contributed by atoms with Gasteiger partial charge < -0.3 is 19.9 Å². The molecule has 0 aromatic heterocycles. The minimum Gasteiger partial charge on any atom is -0.493 e. The molecule has 2 aromatic rings. The molecule has 31 heavy (non-hydrogen) atoms. The highest BCUT2D eigenvalue weighted by atomic mass is 19.1. The molecule has 0 aliphatic carbocycles. The van der Waals surface area contributed by atoms with Crippen LogP contribution in [0, 0.1) is 11.7 Å². The third-order valence-corrected chi connectivity index (χ3v) is 4.52.